The number of hydrogen-bond donors (Lipinski definition) is 3. The quantitative estimate of drug-likeness (QED) is 0.268. The first-order valence-corrected chi connectivity index (χ1v) is 6.58. The molecule has 1 saturated heterocycles. The topological polar surface area (TPSA) is 108 Å². The lowest BCUT2D eigenvalue weighted by Gasteiger charge is -2.38. The zero-order valence-corrected chi connectivity index (χ0v) is 11.3. The molecule has 0 atom stereocenters. The first-order valence-electron chi connectivity index (χ1n) is 6.58. The van der Waals surface area contributed by atoms with Gasteiger partial charge >= 0.3 is 0 Å². The average molecular weight is 273 g/mol. The Morgan fingerprint density at radius 3 is 2.53 bits per heavy atom. The maximum Gasteiger partial charge on any atom is 0.236 e. The molecule has 0 bridgehead atoms. The fourth-order valence-corrected chi connectivity index (χ4v) is 2.40. The molecule has 1 rings (SSSR count). The number of hydrogen-bond acceptors (Lipinski definition) is 5. The van der Waals surface area contributed by atoms with E-state index >= 15 is 0 Å². The highest BCUT2D eigenvalue weighted by molar-refractivity contribution is 6.06. The van der Waals surface area contributed by atoms with Crippen LogP contribution in [-0.4, -0.2) is 59.9 Å². The molecule has 1 amide bonds. The highest BCUT2D eigenvalue weighted by atomic mass is 16.5. The number of carbonyl (C=O) groups is 1. The van der Waals surface area contributed by atoms with Gasteiger partial charge in [0, 0.05) is 26.3 Å². The molecule has 1 aliphatic heterocycles. The lowest BCUT2D eigenvalue weighted by molar-refractivity contribution is -0.143. The van der Waals surface area contributed by atoms with E-state index in [-0.39, 0.29) is 24.9 Å². The van der Waals surface area contributed by atoms with E-state index in [0.29, 0.717) is 32.6 Å². The molecule has 0 aromatic rings. The SMILES string of the molecule is CCCN(CCO)C(=O)C1(C(N)=NO)CCOCC1. The summed E-state index contributed by atoms with van der Waals surface area (Å²) in [5.74, 6) is -0.262. The van der Waals surface area contributed by atoms with Crippen molar-refractivity contribution in [3.63, 3.8) is 0 Å². The molecule has 7 heteroatoms. The molecule has 0 spiro atoms. The van der Waals surface area contributed by atoms with Crippen molar-refractivity contribution in [3.8, 4) is 0 Å². The van der Waals surface area contributed by atoms with Gasteiger partial charge < -0.3 is 25.7 Å². The Morgan fingerprint density at radius 2 is 2.05 bits per heavy atom. The van der Waals surface area contributed by atoms with E-state index in [1.807, 2.05) is 6.92 Å². The summed E-state index contributed by atoms with van der Waals surface area (Å²) in [5, 5.41) is 21.0. The normalized spacial score (nSPS) is 19.2. The minimum atomic E-state index is -1.00. The number of aliphatic hydroxyl groups excluding tert-OH is 1. The van der Waals surface area contributed by atoms with Crippen LogP contribution in [0.1, 0.15) is 26.2 Å². The second-order valence-electron chi connectivity index (χ2n) is 4.70. The van der Waals surface area contributed by atoms with Crippen molar-refractivity contribution in [2.24, 2.45) is 16.3 Å². The Morgan fingerprint density at radius 1 is 1.42 bits per heavy atom. The summed E-state index contributed by atoms with van der Waals surface area (Å²) >= 11 is 0. The summed E-state index contributed by atoms with van der Waals surface area (Å²) in [6, 6.07) is 0. The van der Waals surface area contributed by atoms with Crippen molar-refractivity contribution in [3.05, 3.63) is 0 Å². The number of rotatable bonds is 6. The zero-order valence-electron chi connectivity index (χ0n) is 11.3. The van der Waals surface area contributed by atoms with Gasteiger partial charge in [-0.25, -0.2) is 0 Å². The molecule has 0 saturated carbocycles. The molecule has 1 aliphatic rings. The molecule has 0 aliphatic carbocycles. The van der Waals surface area contributed by atoms with Crippen LogP contribution in [0.25, 0.3) is 0 Å². The Hall–Kier alpha value is -1.34. The molecule has 1 heterocycles. The largest absolute Gasteiger partial charge is 0.409 e. The van der Waals surface area contributed by atoms with E-state index in [0.717, 1.165) is 6.42 Å². The third kappa shape index (κ3) is 3.36. The molecule has 1 fully saturated rings. The van der Waals surface area contributed by atoms with Crippen molar-refractivity contribution in [1.82, 2.24) is 4.90 Å². The van der Waals surface area contributed by atoms with E-state index in [9.17, 15) is 4.79 Å². The summed E-state index contributed by atoms with van der Waals surface area (Å²) in [4.78, 5) is 14.3. The number of nitrogens with two attached hydrogens (primary N) is 1. The van der Waals surface area contributed by atoms with E-state index in [1.54, 1.807) is 4.90 Å². The number of nitrogens with zero attached hydrogens (tertiary/aromatic N) is 2. The molecule has 0 unspecified atom stereocenters. The minimum Gasteiger partial charge on any atom is -0.409 e. The van der Waals surface area contributed by atoms with Gasteiger partial charge in [-0.05, 0) is 19.3 Å². The number of carbonyl (C=O) groups excluding carboxylic acids is 1. The van der Waals surface area contributed by atoms with Crippen LogP contribution in [-0.2, 0) is 9.53 Å². The summed E-state index contributed by atoms with van der Waals surface area (Å²) in [5.41, 5.74) is 4.75. The predicted molar refractivity (Wildman–Crippen MR) is 69.9 cm³/mol. The Kier molecular flexibility index (Phi) is 6.04. The van der Waals surface area contributed by atoms with Crippen LogP contribution in [0.5, 0.6) is 0 Å². The smallest absolute Gasteiger partial charge is 0.236 e. The number of ether oxygens (including phenoxy) is 1. The fourth-order valence-electron chi connectivity index (χ4n) is 2.40. The molecule has 0 aromatic carbocycles. The third-order valence-electron chi connectivity index (χ3n) is 3.50. The summed E-state index contributed by atoms with van der Waals surface area (Å²) in [6.45, 7) is 3.46. The molecule has 110 valence electrons. The van der Waals surface area contributed by atoms with Crippen molar-refractivity contribution < 1.29 is 19.8 Å². The molecule has 7 nitrogen and oxygen atoms in total. The fraction of sp³-hybridized carbons (Fsp3) is 0.833. The van der Waals surface area contributed by atoms with Gasteiger partial charge in [0.1, 0.15) is 5.41 Å². The Bertz CT molecular complexity index is 321. The van der Waals surface area contributed by atoms with Crippen LogP contribution in [0.2, 0.25) is 0 Å². The number of oxime groups is 1. The van der Waals surface area contributed by atoms with Crippen molar-refractivity contribution in [2.75, 3.05) is 32.9 Å². The second-order valence-corrected chi connectivity index (χ2v) is 4.70. The average Bonchev–Trinajstić information content (AvgIpc) is 2.46. The lowest BCUT2D eigenvalue weighted by atomic mass is 9.77. The maximum atomic E-state index is 12.7. The second kappa shape index (κ2) is 7.30. The van der Waals surface area contributed by atoms with Crippen molar-refractivity contribution >= 4 is 11.7 Å². The maximum absolute atomic E-state index is 12.7. The van der Waals surface area contributed by atoms with E-state index in [2.05, 4.69) is 5.16 Å². The minimum absolute atomic E-state index is 0.0696. The Balaban J connectivity index is 2.98. The van der Waals surface area contributed by atoms with Gasteiger partial charge in [0.25, 0.3) is 0 Å². The van der Waals surface area contributed by atoms with Crippen molar-refractivity contribution in [1.29, 1.82) is 0 Å². The molecule has 4 N–H and O–H groups in total. The predicted octanol–water partition coefficient (Wildman–Crippen LogP) is -0.239. The van der Waals surface area contributed by atoms with Crippen LogP contribution in [0, 0.1) is 5.41 Å². The van der Waals surface area contributed by atoms with Crippen molar-refractivity contribution in [2.45, 2.75) is 26.2 Å². The van der Waals surface area contributed by atoms with Crippen LogP contribution < -0.4 is 5.73 Å². The monoisotopic (exact) mass is 273 g/mol. The highest BCUT2D eigenvalue weighted by Gasteiger charge is 2.46. The van der Waals surface area contributed by atoms with Crippen LogP contribution in [0.15, 0.2) is 5.16 Å². The number of amides is 1. The highest BCUT2D eigenvalue weighted by Crippen LogP contribution is 2.33. The van der Waals surface area contributed by atoms with E-state index in [4.69, 9.17) is 20.8 Å². The summed E-state index contributed by atoms with van der Waals surface area (Å²) < 4.78 is 5.26. The Labute approximate surface area is 113 Å². The molecular formula is C12H23N3O4. The van der Waals surface area contributed by atoms with Crippen LogP contribution in [0.3, 0.4) is 0 Å². The molecule has 0 aromatic heterocycles. The van der Waals surface area contributed by atoms with Gasteiger partial charge in [0.05, 0.1) is 6.61 Å². The lowest BCUT2D eigenvalue weighted by Crippen LogP contribution is -2.54. The summed E-state index contributed by atoms with van der Waals surface area (Å²) in [7, 11) is 0. The van der Waals surface area contributed by atoms with Gasteiger partial charge in [-0.15, -0.1) is 0 Å². The van der Waals surface area contributed by atoms with Gasteiger partial charge in [-0.3, -0.25) is 4.79 Å². The number of aliphatic hydroxyl groups is 1. The third-order valence-corrected chi connectivity index (χ3v) is 3.50. The zero-order chi connectivity index (χ0) is 14.3. The van der Waals surface area contributed by atoms with Crippen LogP contribution in [0.4, 0.5) is 0 Å². The van der Waals surface area contributed by atoms with Gasteiger partial charge in [-0.1, -0.05) is 12.1 Å². The molecule has 19 heavy (non-hydrogen) atoms. The standard InChI is InChI=1S/C12H23N3O4/c1-2-5-15(6-7-16)11(17)12(10(13)14-18)3-8-19-9-4-12/h16,18H,2-9H2,1H3,(H2,13,14). The van der Waals surface area contributed by atoms with Crippen LogP contribution >= 0.6 is 0 Å². The summed E-state index contributed by atoms with van der Waals surface area (Å²) in [6.07, 6.45) is 1.58. The van der Waals surface area contributed by atoms with Gasteiger partial charge in [-0.2, -0.15) is 0 Å². The molecule has 0 radical (unpaired) electrons. The first-order chi connectivity index (χ1) is 9.12. The van der Waals surface area contributed by atoms with Gasteiger partial charge in [0.2, 0.25) is 5.91 Å². The first kappa shape index (κ1) is 15.7. The van der Waals surface area contributed by atoms with Gasteiger partial charge in [0.15, 0.2) is 5.84 Å². The molecular weight excluding hydrogens is 250 g/mol. The van der Waals surface area contributed by atoms with E-state index in [1.165, 1.54) is 0 Å². The van der Waals surface area contributed by atoms with E-state index < -0.39 is 5.41 Å². The number of amidine groups is 1.